The van der Waals surface area contributed by atoms with E-state index in [1.165, 1.54) is 0 Å². The number of rotatable bonds is 5. The molecule has 2 aromatic rings. The summed E-state index contributed by atoms with van der Waals surface area (Å²) in [6, 6.07) is 15.8. The molecule has 0 spiro atoms. The van der Waals surface area contributed by atoms with Crippen molar-refractivity contribution in [3.05, 3.63) is 69.6 Å². The molecule has 1 saturated heterocycles. The van der Waals surface area contributed by atoms with Crippen LogP contribution in [0.4, 0.5) is 4.79 Å². The minimum Gasteiger partial charge on any atom is -0.490 e. The summed E-state index contributed by atoms with van der Waals surface area (Å²) in [5.74, 6) is 0.154. The minimum absolute atomic E-state index is 0.139. The summed E-state index contributed by atoms with van der Waals surface area (Å²) >= 11 is 6.89. The van der Waals surface area contributed by atoms with Crippen LogP contribution in [0.2, 0.25) is 5.02 Å². The summed E-state index contributed by atoms with van der Waals surface area (Å²) in [5.41, 5.74) is 1.29. The highest BCUT2D eigenvalue weighted by molar-refractivity contribution is 8.18. The quantitative estimate of drug-likeness (QED) is 0.717. The number of carbonyl (C=O) groups is 2. The summed E-state index contributed by atoms with van der Waals surface area (Å²) < 4.78 is 5.54. The van der Waals surface area contributed by atoms with Crippen LogP contribution in [-0.2, 0) is 4.79 Å². The van der Waals surface area contributed by atoms with Crippen LogP contribution in [0.3, 0.4) is 0 Å². The third kappa shape index (κ3) is 4.07. The van der Waals surface area contributed by atoms with Crippen LogP contribution in [0.15, 0.2) is 53.4 Å². The largest absolute Gasteiger partial charge is 0.490 e. The Labute approximate surface area is 159 Å². The molecule has 1 fully saturated rings. The van der Waals surface area contributed by atoms with Gasteiger partial charge in [-0.25, -0.2) is 0 Å². The Morgan fingerprint density at radius 1 is 1.15 bits per heavy atom. The molecular weight excluding hydrogens is 372 g/mol. The Morgan fingerprint density at radius 3 is 2.58 bits per heavy atom. The lowest BCUT2D eigenvalue weighted by atomic mass is 10.1. The number of benzene rings is 2. The number of nitriles is 1. The number of halogens is 1. The van der Waals surface area contributed by atoms with Crippen molar-refractivity contribution >= 4 is 40.6 Å². The Hall–Kier alpha value is -2.75. The van der Waals surface area contributed by atoms with Gasteiger partial charge in [-0.1, -0.05) is 35.9 Å². The van der Waals surface area contributed by atoms with Crippen LogP contribution in [0.25, 0.3) is 6.08 Å². The van der Waals surface area contributed by atoms with Crippen molar-refractivity contribution in [2.75, 3.05) is 13.2 Å². The average molecular weight is 385 g/mol. The predicted octanol–water partition coefficient (Wildman–Crippen LogP) is 4.33. The molecule has 26 heavy (non-hydrogen) atoms. The summed E-state index contributed by atoms with van der Waals surface area (Å²) in [6.07, 6.45) is 1.64. The van der Waals surface area contributed by atoms with Gasteiger partial charge in [-0.2, -0.15) is 5.26 Å². The third-order valence-corrected chi connectivity index (χ3v) is 4.84. The molecule has 0 aliphatic carbocycles. The molecule has 130 valence electrons. The van der Waals surface area contributed by atoms with Crippen molar-refractivity contribution < 1.29 is 14.3 Å². The van der Waals surface area contributed by atoms with Crippen LogP contribution in [0.1, 0.15) is 11.1 Å². The molecule has 0 unspecified atom stereocenters. The van der Waals surface area contributed by atoms with Gasteiger partial charge in [0.05, 0.1) is 28.1 Å². The zero-order chi connectivity index (χ0) is 18.5. The molecule has 5 nitrogen and oxygen atoms in total. The summed E-state index contributed by atoms with van der Waals surface area (Å²) in [5, 5.41) is 8.95. The second-order valence-corrected chi connectivity index (χ2v) is 6.75. The van der Waals surface area contributed by atoms with Crippen LogP contribution in [-0.4, -0.2) is 29.2 Å². The molecule has 3 rings (SSSR count). The normalized spacial score (nSPS) is 15.4. The van der Waals surface area contributed by atoms with Gasteiger partial charge < -0.3 is 4.74 Å². The van der Waals surface area contributed by atoms with E-state index in [4.69, 9.17) is 21.6 Å². The minimum atomic E-state index is -0.355. The standard InChI is InChI=1S/C19H13ClN2O3S/c20-15-3-1-2-4-16(15)25-10-9-22-18(23)17(26-19(22)24)11-13-5-7-14(12-21)8-6-13/h1-8,11H,9-10H2/b17-11-. The predicted molar refractivity (Wildman–Crippen MR) is 101 cm³/mol. The summed E-state index contributed by atoms with van der Waals surface area (Å²) in [7, 11) is 0. The summed E-state index contributed by atoms with van der Waals surface area (Å²) in [4.78, 5) is 26.0. The monoisotopic (exact) mass is 384 g/mol. The van der Waals surface area contributed by atoms with Crippen LogP contribution in [0.5, 0.6) is 5.75 Å². The van der Waals surface area contributed by atoms with Gasteiger partial charge in [0.15, 0.2) is 0 Å². The van der Waals surface area contributed by atoms with Crippen molar-refractivity contribution in [2.24, 2.45) is 0 Å². The van der Waals surface area contributed by atoms with Gasteiger partial charge in [-0.3, -0.25) is 14.5 Å². The van der Waals surface area contributed by atoms with Crippen molar-refractivity contribution in [3.63, 3.8) is 0 Å². The van der Waals surface area contributed by atoms with Gasteiger partial charge in [0.1, 0.15) is 12.4 Å². The molecule has 1 aliphatic heterocycles. The highest BCUT2D eigenvalue weighted by Crippen LogP contribution is 2.32. The zero-order valence-corrected chi connectivity index (χ0v) is 15.1. The highest BCUT2D eigenvalue weighted by Gasteiger charge is 2.34. The number of imide groups is 1. The molecule has 0 aromatic heterocycles. The molecule has 7 heteroatoms. The lowest BCUT2D eigenvalue weighted by Crippen LogP contribution is -2.32. The highest BCUT2D eigenvalue weighted by atomic mass is 35.5. The first kappa shape index (κ1) is 18.1. The van der Waals surface area contributed by atoms with Crippen molar-refractivity contribution in [2.45, 2.75) is 0 Å². The fraction of sp³-hybridized carbons (Fsp3) is 0.105. The first-order chi connectivity index (χ1) is 12.6. The summed E-state index contributed by atoms with van der Waals surface area (Å²) in [6.45, 7) is 0.298. The fourth-order valence-corrected chi connectivity index (χ4v) is 3.36. The van der Waals surface area contributed by atoms with Gasteiger partial charge in [0, 0.05) is 0 Å². The topological polar surface area (TPSA) is 70.4 Å². The number of thioether (sulfide) groups is 1. The first-order valence-electron chi connectivity index (χ1n) is 7.71. The Balaban J connectivity index is 1.64. The SMILES string of the molecule is N#Cc1ccc(/C=C2\SC(=O)N(CCOc3ccccc3Cl)C2=O)cc1. The van der Waals surface area contributed by atoms with Gasteiger partial charge in [0.25, 0.3) is 11.1 Å². The van der Waals surface area contributed by atoms with E-state index in [0.29, 0.717) is 21.2 Å². The fourth-order valence-electron chi connectivity index (χ4n) is 2.31. The number of hydrogen-bond donors (Lipinski definition) is 0. The Kier molecular flexibility index (Phi) is 5.61. The van der Waals surface area contributed by atoms with E-state index in [-0.39, 0.29) is 24.3 Å². The molecule has 2 aromatic carbocycles. The molecule has 0 saturated carbocycles. The van der Waals surface area contributed by atoms with Crippen LogP contribution >= 0.6 is 23.4 Å². The smallest absolute Gasteiger partial charge is 0.293 e. The van der Waals surface area contributed by atoms with Crippen molar-refractivity contribution in [1.29, 1.82) is 5.26 Å². The molecular formula is C19H13ClN2O3S. The number of nitrogens with zero attached hydrogens (tertiary/aromatic N) is 2. The number of para-hydroxylation sites is 1. The van der Waals surface area contributed by atoms with Gasteiger partial charge >= 0.3 is 0 Å². The van der Waals surface area contributed by atoms with Crippen molar-refractivity contribution in [1.82, 2.24) is 4.90 Å². The van der Waals surface area contributed by atoms with Gasteiger partial charge in [-0.05, 0) is 47.7 Å². The number of ether oxygens (including phenoxy) is 1. The van der Waals surface area contributed by atoms with E-state index in [0.717, 1.165) is 22.2 Å². The van der Waals surface area contributed by atoms with Crippen molar-refractivity contribution in [3.8, 4) is 11.8 Å². The molecule has 0 bridgehead atoms. The molecule has 2 amide bonds. The van der Waals surface area contributed by atoms with E-state index >= 15 is 0 Å². The number of amides is 2. The van der Waals surface area contributed by atoms with E-state index in [9.17, 15) is 9.59 Å². The maximum atomic E-state index is 12.4. The second-order valence-electron chi connectivity index (χ2n) is 5.35. The maximum absolute atomic E-state index is 12.4. The Bertz CT molecular complexity index is 919. The van der Waals surface area contributed by atoms with E-state index in [1.54, 1.807) is 54.6 Å². The maximum Gasteiger partial charge on any atom is 0.293 e. The third-order valence-electron chi connectivity index (χ3n) is 3.62. The van der Waals surface area contributed by atoms with Crippen LogP contribution < -0.4 is 4.74 Å². The molecule has 0 N–H and O–H groups in total. The lowest BCUT2D eigenvalue weighted by molar-refractivity contribution is -0.123. The zero-order valence-electron chi connectivity index (χ0n) is 13.5. The van der Waals surface area contributed by atoms with E-state index in [1.807, 2.05) is 6.07 Å². The van der Waals surface area contributed by atoms with Crippen LogP contribution in [0, 0.1) is 11.3 Å². The lowest BCUT2D eigenvalue weighted by Gasteiger charge is -2.13. The van der Waals surface area contributed by atoms with Gasteiger partial charge in [0.2, 0.25) is 0 Å². The van der Waals surface area contributed by atoms with E-state index < -0.39 is 0 Å². The second kappa shape index (κ2) is 8.09. The molecule has 0 atom stereocenters. The number of hydrogen-bond acceptors (Lipinski definition) is 5. The van der Waals surface area contributed by atoms with E-state index in [2.05, 4.69) is 0 Å². The Morgan fingerprint density at radius 2 is 1.88 bits per heavy atom. The molecule has 0 radical (unpaired) electrons. The first-order valence-corrected chi connectivity index (χ1v) is 8.91. The molecule has 1 heterocycles. The average Bonchev–Trinajstić information content (AvgIpc) is 2.91. The van der Waals surface area contributed by atoms with Gasteiger partial charge in [-0.15, -0.1) is 0 Å². The molecule has 1 aliphatic rings. The number of carbonyl (C=O) groups excluding carboxylic acids is 2.